The number of cyclic esters (lactones) is 1. The van der Waals surface area contributed by atoms with Crippen molar-refractivity contribution in [3.63, 3.8) is 0 Å². The van der Waals surface area contributed by atoms with E-state index in [-0.39, 0.29) is 12.6 Å². The summed E-state index contributed by atoms with van der Waals surface area (Å²) in [4.78, 5) is 10.7. The monoisotopic (exact) mass is 219 g/mol. The molecule has 0 radical (unpaired) electrons. The van der Waals surface area contributed by atoms with Gasteiger partial charge in [-0.1, -0.05) is 30.3 Å². The van der Waals surface area contributed by atoms with Crippen molar-refractivity contribution in [2.45, 2.75) is 6.54 Å². The topological polar surface area (TPSA) is 47.6 Å². The lowest BCUT2D eigenvalue weighted by atomic mass is 10.2. The van der Waals surface area contributed by atoms with E-state index in [0.29, 0.717) is 12.3 Å². The summed E-state index contributed by atoms with van der Waals surface area (Å²) in [7, 11) is 0. The zero-order chi connectivity index (χ0) is 11.2. The summed E-state index contributed by atoms with van der Waals surface area (Å²) in [6.45, 7) is 1.32. The van der Waals surface area contributed by atoms with Gasteiger partial charge in [0, 0.05) is 6.54 Å². The highest BCUT2D eigenvalue weighted by atomic mass is 16.6. The lowest BCUT2D eigenvalue weighted by Crippen LogP contribution is -2.23. The van der Waals surface area contributed by atoms with E-state index in [1.165, 1.54) is 11.8 Å². The van der Waals surface area contributed by atoms with E-state index in [2.05, 4.69) is 5.32 Å². The fourth-order valence-electron chi connectivity index (χ4n) is 1.37. The molecule has 1 aliphatic rings. The van der Waals surface area contributed by atoms with Gasteiger partial charge in [0.1, 0.15) is 12.0 Å². The molecule has 0 saturated carbocycles. The third-order valence-electron chi connectivity index (χ3n) is 2.17. The molecule has 4 nitrogen and oxygen atoms in total. The zero-order valence-corrected chi connectivity index (χ0v) is 8.81. The molecular formula is C12H13NO3. The van der Waals surface area contributed by atoms with Gasteiger partial charge >= 0.3 is 5.97 Å². The molecule has 0 fully saturated rings. The molecule has 0 spiro atoms. The lowest BCUT2D eigenvalue weighted by molar-refractivity contribution is -0.145. The zero-order valence-electron chi connectivity index (χ0n) is 8.81. The van der Waals surface area contributed by atoms with Crippen molar-refractivity contribution in [1.82, 2.24) is 5.32 Å². The Balaban J connectivity index is 1.74. The highest BCUT2D eigenvalue weighted by Crippen LogP contribution is 2.04. The highest BCUT2D eigenvalue weighted by Gasteiger charge is 2.11. The van der Waals surface area contributed by atoms with Crippen molar-refractivity contribution >= 4 is 5.97 Å². The summed E-state index contributed by atoms with van der Waals surface area (Å²) in [6, 6.07) is 10.1. The molecule has 0 saturated heterocycles. The summed E-state index contributed by atoms with van der Waals surface area (Å²) >= 11 is 0. The summed E-state index contributed by atoms with van der Waals surface area (Å²) in [5.41, 5.74) is 1.20. The van der Waals surface area contributed by atoms with E-state index in [1.54, 1.807) is 0 Å². The number of esters is 1. The van der Waals surface area contributed by atoms with Crippen LogP contribution in [-0.2, 0) is 20.8 Å². The molecule has 0 aliphatic carbocycles. The van der Waals surface area contributed by atoms with Crippen LogP contribution in [0.25, 0.3) is 0 Å². The predicted molar refractivity (Wildman–Crippen MR) is 58.3 cm³/mol. The van der Waals surface area contributed by atoms with Crippen LogP contribution < -0.4 is 5.32 Å². The van der Waals surface area contributed by atoms with Gasteiger partial charge in [0.25, 0.3) is 0 Å². The van der Waals surface area contributed by atoms with Gasteiger partial charge in [-0.05, 0) is 5.56 Å². The van der Waals surface area contributed by atoms with Crippen molar-refractivity contribution in [2.75, 3.05) is 13.2 Å². The Bertz CT molecular complexity index is 387. The number of carbonyl (C=O) groups excluding carboxylic acids is 1. The first-order valence-corrected chi connectivity index (χ1v) is 5.10. The molecule has 1 aromatic carbocycles. The molecule has 0 aromatic heterocycles. The van der Waals surface area contributed by atoms with E-state index < -0.39 is 0 Å². The van der Waals surface area contributed by atoms with Gasteiger partial charge in [0.05, 0.1) is 6.54 Å². The quantitative estimate of drug-likeness (QED) is 0.773. The molecule has 1 N–H and O–H groups in total. The van der Waals surface area contributed by atoms with Crippen molar-refractivity contribution in [3.05, 3.63) is 47.9 Å². The maximum absolute atomic E-state index is 10.7. The first-order valence-electron chi connectivity index (χ1n) is 5.10. The van der Waals surface area contributed by atoms with Crippen LogP contribution in [0.3, 0.4) is 0 Å². The number of hydrogen-bond acceptors (Lipinski definition) is 4. The standard InChI is InChI=1S/C12H13NO3/c14-12-9-15-11(8-16-12)7-13-6-10-4-2-1-3-5-10/h1-5,8,13H,6-7,9H2. The van der Waals surface area contributed by atoms with Crippen LogP contribution in [0.15, 0.2) is 42.4 Å². The molecule has 1 aromatic rings. The minimum atomic E-state index is -0.355. The van der Waals surface area contributed by atoms with Gasteiger partial charge in [0.15, 0.2) is 6.61 Å². The van der Waals surface area contributed by atoms with Crippen molar-refractivity contribution in [3.8, 4) is 0 Å². The van der Waals surface area contributed by atoms with E-state index in [9.17, 15) is 4.79 Å². The van der Waals surface area contributed by atoms with Gasteiger partial charge in [-0.25, -0.2) is 4.79 Å². The van der Waals surface area contributed by atoms with Crippen molar-refractivity contribution < 1.29 is 14.3 Å². The minimum absolute atomic E-state index is 0.00114. The Hall–Kier alpha value is -1.81. The maximum Gasteiger partial charge on any atom is 0.349 e. The number of carbonyl (C=O) groups is 1. The second kappa shape index (κ2) is 5.32. The molecule has 16 heavy (non-hydrogen) atoms. The lowest BCUT2D eigenvalue weighted by Gasteiger charge is -2.14. The first-order chi connectivity index (χ1) is 7.84. The third-order valence-corrected chi connectivity index (χ3v) is 2.17. The highest BCUT2D eigenvalue weighted by molar-refractivity contribution is 5.72. The molecule has 2 rings (SSSR count). The molecule has 0 amide bonds. The van der Waals surface area contributed by atoms with E-state index in [4.69, 9.17) is 9.47 Å². The Labute approximate surface area is 93.9 Å². The van der Waals surface area contributed by atoms with Crippen LogP contribution in [0, 0.1) is 0 Å². The Kier molecular flexibility index (Phi) is 3.56. The van der Waals surface area contributed by atoms with E-state index in [1.807, 2.05) is 30.3 Å². The first kappa shape index (κ1) is 10.7. The average Bonchev–Trinajstić information content (AvgIpc) is 2.33. The molecule has 1 heterocycles. The largest absolute Gasteiger partial charge is 0.482 e. The SMILES string of the molecule is O=C1COC(CNCc2ccccc2)=CO1. The number of ether oxygens (including phenoxy) is 2. The Morgan fingerprint density at radius 1 is 1.19 bits per heavy atom. The van der Waals surface area contributed by atoms with E-state index in [0.717, 1.165) is 6.54 Å². The third kappa shape index (κ3) is 3.10. The summed E-state index contributed by atoms with van der Waals surface area (Å²) in [5.74, 6) is 0.294. The van der Waals surface area contributed by atoms with E-state index >= 15 is 0 Å². The summed E-state index contributed by atoms with van der Waals surface area (Å²) in [5, 5.41) is 3.20. The molecule has 0 atom stereocenters. The molecule has 4 heteroatoms. The molecule has 1 aliphatic heterocycles. The molecule has 0 bridgehead atoms. The van der Waals surface area contributed by atoms with Crippen molar-refractivity contribution in [2.24, 2.45) is 0 Å². The van der Waals surface area contributed by atoms with Crippen LogP contribution in [0.4, 0.5) is 0 Å². The molecular weight excluding hydrogens is 206 g/mol. The van der Waals surface area contributed by atoms with Crippen molar-refractivity contribution in [1.29, 1.82) is 0 Å². The normalized spacial score (nSPS) is 15.0. The fourth-order valence-corrected chi connectivity index (χ4v) is 1.37. The molecule has 84 valence electrons. The van der Waals surface area contributed by atoms with Crippen LogP contribution in [0.1, 0.15) is 5.56 Å². The number of benzene rings is 1. The minimum Gasteiger partial charge on any atom is -0.482 e. The van der Waals surface area contributed by atoms with Crippen LogP contribution in [0.2, 0.25) is 0 Å². The molecule has 0 unspecified atom stereocenters. The van der Waals surface area contributed by atoms with Gasteiger partial charge in [-0.3, -0.25) is 0 Å². The smallest absolute Gasteiger partial charge is 0.349 e. The summed E-state index contributed by atoms with van der Waals surface area (Å²) in [6.07, 6.45) is 1.35. The Morgan fingerprint density at radius 3 is 2.69 bits per heavy atom. The maximum atomic E-state index is 10.7. The van der Waals surface area contributed by atoms with Crippen LogP contribution in [0.5, 0.6) is 0 Å². The second-order valence-corrected chi connectivity index (χ2v) is 3.45. The van der Waals surface area contributed by atoms with Gasteiger partial charge < -0.3 is 14.8 Å². The Morgan fingerprint density at radius 2 is 2.00 bits per heavy atom. The average molecular weight is 219 g/mol. The number of nitrogens with one attached hydrogen (secondary N) is 1. The van der Waals surface area contributed by atoms with Crippen LogP contribution in [-0.4, -0.2) is 19.1 Å². The van der Waals surface area contributed by atoms with Gasteiger partial charge in [-0.2, -0.15) is 0 Å². The van der Waals surface area contributed by atoms with Gasteiger partial charge in [0.2, 0.25) is 0 Å². The van der Waals surface area contributed by atoms with Crippen LogP contribution >= 0.6 is 0 Å². The number of hydrogen-bond donors (Lipinski definition) is 1. The van der Waals surface area contributed by atoms with Gasteiger partial charge in [-0.15, -0.1) is 0 Å². The summed E-state index contributed by atoms with van der Waals surface area (Å²) < 4.78 is 9.88. The number of rotatable bonds is 4. The second-order valence-electron chi connectivity index (χ2n) is 3.45. The fraction of sp³-hybridized carbons (Fsp3) is 0.250. The predicted octanol–water partition coefficient (Wildman–Crippen LogP) is 1.19.